The number of nitrogens with one attached hydrogen (secondary N) is 1. The van der Waals surface area contributed by atoms with Crippen LogP contribution in [-0.2, 0) is 0 Å². The zero-order chi connectivity index (χ0) is 22.8. The van der Waals surface area contributed by atoms with Crippen molar-refractivity contribution < 1.29 is 4.74 Å². The van der Waals surface area contributed by atoms with Crippen LogP contribution in [-0.4, -0.2) is 53.2 Å². The van der Waals surface area contributed by atoms with E-state index in [0.29, 0.717) is 0 Å². The van der Waals surface area contributed by atoms with E-state index < -0.39 is 0 Å². The minimum Gasteiger partial charge on any atom is -0.497 e. The molecule has 0 bridgehead atoms. The molecule has 0 saturated carbocycles. The maximum Gasteiger partial charge on any atom is 0.228 e. The van der Waals surface area contributed by atoms with Crippen molar-refractivity contribution in [2.24, 2.45) is 0 Å². The largest absolute Gasteiger partial charge is 0.497 e. The molecule has 1 saturated heterocycles. The van der Waals surface area contributed by atoms with Crippen molar-refractivity contribution in [3.8, 4) is 5.75 Å². The Hall–Kier alpha value is -3.94. The summed E-state index contributed by atoms with van der Waals surface area (Å²) >= 11 is 0. The molecule has 1 aliphatic rings. The first-order chi connectivity index (χ1) is 16.1. The molecule has 0 amide bonds. The lowest BCUT2D eigenvalue weighted by molar-refractivity contribution is 0.415. The van der Waals surface area contributed by atoms with Crippen LogP contribution in [0.1, 0.15) is 11.4 Å². The fraction of sp³-hybridized carbons (Fsp3) is 0.280. The topological polar surface area (TPSA) is 79.3 Å². The van der Waals surface area contributed by atoms with Crippen molar-refractivity contribution in [1.29, 1.82) is 0 Å². The number of ether oxygens (including phenoxy) is 1. The number of rotatable bonds is 5. The lowest BCUT2D eigenvalue weighted by atomic mass is 10.2. The molecule has 0 atom stereocenters. The SMILES string of the molecule is COc1ccc(Nc2nc(N3CCN(c4nc(C)cc(C)n4)CC3)nc3ccccc23)cc1. The van der Waals surface area contributed by atoms with Gasteiger partial charge in [-0.05, 0) is 56.3 Å². The van der Waals surface area contributed by atoms with E-state index in [9.17, 15) is 0 Å². The fourth-order valence-corrected chi connectivity index (χ4v) is 4.07. The molecule has 8 heteroatoms. The van der Waals surface area contributed by atoms with Crippen LogP contribution in [0.15, 0.2) is 54.6 Å². The summed E-state index contributed by atoms with van der Waals surface area (Å²) in [5, 5.41) is 4.45. The van der Waals surface area contributed by atoms with Gasteiger partial charge in [-0.2, -0.15) is 4.98 Å². The molecule has 2 aromatic heterocycles. The highest BCUT2D eigenvalue weighted by Crippen LogP contribution is 2.28. The maximum absolute atomic E-state index is 5.27. The molecule has 4 aromatic rings. The number of aromatic nitrogens is 4. The van der Waals surface area contributed by atoms with Gasteiger partial charge in [0.1, 0.15) is 11.6 Å². The van der Waals surface area contributed by atoms with Gasteiger partial charge >= 0.3 is 0 Å². The third kappa shape index (κ3) is 4.50. The number of benzene rings is 2. The van der Waals surface area contributed by atoms with E-state index in [1.165, 1.54) is 0 Å². The molecule has 0 radical (unpaired) electrons. The lowest BCUT2D eigenvalue weighted by Gasteiger charge is -2.35. The zero-order valence-electron chi connectivity index (χ0n) is 19.1. The van der Waals surface area contributed by atoms with Gasteiger partial charge in [-0.3, -0.25) is 0 Å². The molecule has 33 heavy (non-hydrogen) atoms. The second-order valence-electron chi connectivity index (χ2n) is 8.17. The molecule has 8 nitrogen and oxygen atoms in total. The van der Waals surface area contributed by atoms with Gasteiger partial charge in [0, 0.05) is 48.6 Å². The van der Waals surface area contributed by atoms with Gasteiger partial charge in [-0.1, -0.05) is 12.1 Å². The number of piperazine rings is 1. The Kier molecular flexibility index (Phi) is 5.64. The number of hydrogen-bond acceptors (Lipinski definition) is 8. The molecule has 1 aliphatic heterocycles. The molecule has 0 aliphatic carbocycles. The molecule has 0 unspecified atom stereocenters. The van der Waals surface area contributed by atoms with E-state index >= 15 is 0 Å². The molecule has 5 rings (SSSR count). The summed E-state index contributed by atoms with van der Waals surface area (Å²) in [6.07, 6.45) is 0. The van der Waals surface area contributed by atoms with Crippen molar-refractivity contribution in [1.82, 2.24) is 19.9 Å². The summed E-state index contributed by atoms with van der Waals surface area (Å²) < 4.78 is 5.27. The Morgan fingerprint density at radius 3 is 2.00 bits per heavy atom. The summed E-state index contributed by atoms with van der Waals surface area (Å²) in [7, 11) is 1.67. The quantitative estimate of drug-likeness (QED) is 0.496. The zero-order valence-corrected chi connectivity index (χ0v) is 19.1. The number of fused-ring (bicyclic) bond motifs is 1. The minimum atomic E-state index is 0.728. The molecule has 1 fully saturated rings. The average molecular weight is 442 g/mol. The van der Waals surface area contributed by atoms with Crippen molar-refractivity contribution >= 4 is 34.3 Å². The van der Waals surface area contributed by atoms with E-state index in [2.05, 4.69) is 25.1 Å². The van der Waals surface area contributed by atoms with Gasteiger partial charge in [-0.15, -0.1) is 0 Å². The summed E-state index contributed by atoms with van der Waals surface area (Å²) in [5.74, 6) is 3.14. The number of nitrogens with zero attached hydrogens (tertiary/aromatic N) is 6. The van der Waals surface area contributed by atoms with Gasteiger partial charge < -0.3 is 19.9 Å². The van der Waals surface area contributed by atoms with Gasteiger partial charge in [-0.25, -0.2) is 15.0 Å². The molecular weight excluding hydrogens is 414 g/mol. The second kappa shape index (κ2) is 8.90. The fourth-order valence-electron chi connectivity index (χ4n) is 4.07. The number of methoxy groups -OCH3 is 1. The molecule has 1 N–H and O–H groups in total. The molecule has 2 aromatic carbocycles. The van der Waals surface area contributed by atoms with Crippen LogP contribution in [0, 0.1) is 13.8 Å². The number of para-hydroxylation sites is 1. The first kappa shape index (κ1) is 20.9. The van der Waals surface area contributed by atoms with Crippen LogP contribution in [0.25, 0.3) is 10.9 Å². The van der Waals surface area contributed by atoms with Gasteiger partial charge in [0.15, 0.2) is 0 Å². The predicted molar refractivity (Wildman–Crippen MR) is 132 cm³/mol. The Labute approximate surface area is 193 Å². The molecule has 3 heterocycles. The Morgan fingerprint density at radius 2 is 1.36 bits per heavy atom. The third-order valence-corrected chi connectivity index (χ3v) is 5.76. The monoisotopic (exact) mass is 441 g/mol. The number of hydrogen-bond donors (Lipinski definition) is 1. The highest BCUT2D eigenvalue weighted by molar-refractivity contribution is 5.91. The van der Waals surface area contributed by atoms with Crippen LogP contribution < -0.4 is 19.9 Å². The number of aryl methyl sites for hydroxylation is 2. The van der Waals surface area contributed by atoms with E-state index in [1.807, 2.05) is 68.4 Å². The molecule has 0 spiro atoms. The van der Waals surface area contributed by atoms with Crippen LogP contribution in [0.4, 0.5) is 23.4 Å². The van der Waals surface area contributed by atoms with Crippen LogP contribution in [0.3, 0.4) is 0 Å². The second-order valence-corrected chi connectivity index (χ2v) is 8.17. The van der Waals surface area contributed by atoms with Crippen molar-refractivity contribution in [3.05, 3.63) is 66.0 Å². The lowest BCUT2D eigenvalue weighted by Crippen LogP contribution is -2.47. The standard InChI is InChI=1S/C25H27N7O/c1-17-16-18(2)27-24(26-17)31-12-14-32(15-13-31)25-29-22-7-5-4-6-21(22)23(30-25)28-19-8-10-20(33-3)11-9-19/h4-11,16H,12-15H2,1-3H3,(H,28,29,30). The van der Waals surface area contributed by atoms with Crippen LogP contribution >= 0.6 is 0 Å². The van der Waals surface area contributed by atoms with E-state index in [-0.39, 0.29) is 0 Å². The summed E-state index contributed by atoms with van der Waals surface area (Å²) in [5.41, 5.74) is 3.85. The average Bonchev–Trinajstić information content (AvgIpc) is 2.84. The predicted octanol–water partition coefficient (Wildman–Crippen LogP) is 4.12. The Bertz CT molecular complexity index is 1250. The summed E-state index contributed by atoms with van der Waals surface area (Å²) in [4.78, 5) is 23.5. The van der Waals surface area contributed by atoms with Crippen molar-refractivity contribution in [2.45, 2.75) is 13.8 Å². The minimum absolute atomic E-state index is 0.728. The summed E-state index contributed by atoms with van der Waals surface area (Å²) in [6.45, 7) is 7.26. The normalized spacial score (nSPS) is 13.9. The van der Waals surface area contributed by atoms with Crippen molar-refractivity contribution in [3.63, 3.8) is 0 Å². The third-order valence-electron chi connectivity index (χ3n) is 5.76. The Balaban J connectivity index is 1.39. The summed E-state index contributed by atoms with van der Waals surface area (Å²) in [6, 6.07) is 17.9. The van der Waals surface area contributed by atoms with Gasteiger partial charge in [0.25, 0.3) is 0 Å². The van der Waals surface area contributed by atoms with E-state index in [1.54, 1.807) is 7.11 Å². The Morgan fingerprint density at radius 1 is 0.758 bits per heavy atom. The van der Waals surface area contributed by atoms with Crippen molar-refractivity contribution in [2.75, 3.05) is 48.4 Å². The first-order valence-corrected chi connectivity index (χ1v) is 11.1. The van der Waals surface area contributed by atoms with Gasteiger partial charge in [0.05, 0.1) is 12.6 Å². The number of anilines is 4. The van der Waals surface area contributed by atoms with E-state index in [0.717, 1.165) is 77.6 Å². The maximum atomic E-state index is 5.27. The smallest absolute Gasteiger partial charge is 0.228 e. The van der Waals surface area contributed by atoms with Crippen LogP contribution in [0.2, 0.25) is 0 Å². The van der Waals surface area contributed by atoms with E-state index in [4.69, 9.17) is 14.7 Å². The molecule has 168 valence electrons. The van der Waals surface area contributed by atoms with Crippen LogP contribution in [0.5, 0.6) is 5.75 Å². The highest BCUT2D eigenvalue weighted by atomic mass is 16.5. The van der Waals surface area contributed by atoms with Gasteiger partial charge in [0.2, 0.25) is 11.9 Å². The molecular formula is C25H27N7O. The first-order valence-electron chi connectivity index (χ1n) is 11.1. The highest BCUT2D eigenvalue weighted by Gasteiger charge is 2.22.